The van der Waals surface area contributed by atoms with Crippen molar-refractivity contribution >= 4 is 23.9 Å². The van der Waals surface area contributed by atoms with Crippen LogP contribution in [0, 0.1) is 0 Å². The van der Waals surface area contributed by atoms with Crippen LogP contribution in [0.25, 0.3) is 0 Å². The fourth-order valence-electron chi connectivity index (χ4n) is 8.01. The quantitative estimate of drug-likeness (QED) is 0.0228. The summed E-state index contributed by atoms with van der Waals surface area (Å²) >= 11 is 0. The summed E-state index contributed by atoms with van der Waals surface area (Å²) in [7, 11) is 0. The van der Waals surface area contributed by atoms with Crippen molar-refractivity contribution in [2.24, 2.45) is 0 Å². The molecule has 1 saturated heterocycles. The van der Waals surface area contributed by atoms with E-state index in [0.29, 0.717) is 19.3 Å². The first kappa shape index (κ1) is 70.1. The Bertz CT molecular complexity index is 1800. The summed E-state index contributed by atoms with van der Waals surface area (Å²) in [6.07, 6.45) is 58.8. The molecule has 0 aromatic rings. The first-order valence-corrected chi connectivity index (χ1v) is 29.5. The minimum Gasteiger partial charge on any atom is -0.479 e. The van der Waals surface area contributed by atoms with Crippen molar-refractivity contribution in [3.63, 3.8) is 0 Å². The molecular weight excluding hydrogens is 973 g/mol. The molecule has 434 valence electrons. The molecule has 77 heavy (non-hydrogen) atoms. The molecule has 1 rings (SSSR count). The molecule has 0 saturated carbocycles. The predicted octanol–water partition coefficient (Wildman–Crippen LogP) is 15.2. The van der Waals surface area contributed by atoms with Crippen LogP contribution in [0.3, 0.4) is 0 Å². The molecule has 0 aromatic heterocycles. The number of hydrogen-bond acceptors (Lipinski definition) is 11. The van der Waals surface area contributed by atoms with Crippen molar-refractivity contribution in [2.75, 3.05) is 13.2 Å². The molecule has 6 atom stereocenters. The van der Waals surface area contributed by atoms with Gasteiger partial charge in [-0.05, 0) is 122 Å². The van der Waals surface area contributed by atoms with Crippen LogP contribution in [0.2, 0.25) is 0 Å². The summed E-state index contributed by atoms with van der Waals surface area (Å²) in [4.78, 5) is 51.1. The third-order valence-electron chi connectivity index (χ3n) is 12.5. The molecule has 3 N–H and O–H groups in total. The fraction of sp³-hybridized carbons (Fsp3) is 0.631. The van der Waals surface area contributed by atoms with Crippen molar-refractivity contribution in [2.45, 2.75) is 250 Å². The average molecular weight is 1080 g/mol. The molecule has 12 nitrogen and oxygen atoms in total. The van der Waals surface area contributed by atoms with Gasteiger partial charge in [0.2, 0.25) is 0 Å². The highest BCUT2D eigenvalue weighted by atomic mass is 16.7. The third kappa shape index (κ3) is 41.8. The number of aliphatic hydroxyl groups excluding tert-OH is 2. The molecule has 0 aromatic carbocycles. The number of rotatable bonds is 48. The van der Waals surface area contributed by atoms with Gasteiger partial charge in [0.05, 0.1) is 6.61 Å². The monoisotopic (exact) mass is 1070 g/mol. The number of unbranched alkanes of at least 4 members (excludes halogenated alkanes) is 14. The SMILES string of the molecule is CC/C=C\C/C=C\C/C=C\C/C=C\C/C=C\CCCCCC(=O)OC1C(OCC(COC(=O)CCCCCC/C=C\C/C=C\C/C=C\C/C=C\CC)OC(=O)CCCCCCC/C=C\CCCC)OC(C(=O)O)C(O)C1O. The van der Waals surface area contributed by atoms with E-state index < -0.39 is 67.3 Å². The van der Waals surface area contributed by atoms with Crippen LogP contribution < -0.4 is 0 Å². The molecule has 1 aliphatic rings. The Hall–Kier alpha value is -4.88. The van der Waals surface area contributed by atoms with Gasteiger partial charge in [0.1, 0.15) is 18.8 Å². The molecule has 1 fully saturated rings. The second-order valence-corrected chi connectivity index (χ2v) is 19.5. The second kappa shape index (κ2) is 51.9. The van der Waals surface area contributed by atoms with Crippen LogP contribution in [0.15, 0.2) is 122 Å². The largest absolute Gasteiger partial charge is 0.479 e. The summed E-state index contributed by atoms with van der Waals surface area (Å²) in [5, 5.41) is 31.5. The molecule has 0 amide bonds. The number of carbonyl (C=O) groups is 4. The van der Waals surface area contributed by atoms with E-state index in [2.05, 4.69) is 142 Å². The van der Waals surface area contributed by atoms with E-state index in [1.54, 1.807) is 0 Å². The maximum Gasteiger partial charge on any atom is 0.335 e. The first-order valence-electron chi connectivity index (χ1n) is 29.5. The Kier molecular flexibility index (Phi) is 47.2. The second-order valence-electron chi connectivity index (χ2n) is 19.5. The van der Waals surface area contributed by atoms with Gasteiger partial charge in [-0.1, -0.05) is 194 Å². The fourth-order valence-corrected chi connectivity index (χ4v) is 8.01. The van der Waals surface area contributed by atoms with Gasteiger partial charge in [-0.2, -0.15) is 0 Å². The number of carbonyl (C=O) groups excluding carboxylic acids is 3. The highest BCUT2D eigenvalue weighted by Crippen LogP contribution is 2.26. The van der Waals surface area contributed by atoms with Crippen molar-refractivity contribution < 1.29 is 58.2 Å². The van der Waals surface area contributed by atoms with Crippen molar-refractivity contribution in [1.82, 2.24) is 0 Å². The van der Waals surface area contributed by atoms with E-state index in [-0.39, 0.29) is 25.9 Å². The zero-order chi connectivity index (χ0) is 56.1. The molecule has 1 heterocycles. The molecule has 0 aliphatic carbocycles. The van der Waals surface area contributed by atoms with Gasteiger partial charge in [-0.3, -0.25) is 14.4 Å². The van der Waals surface area contributed by atoms with Crippen molar-refractivity contribution in [3.05, 3.63) is 122 Å². The van der Waals surface area contributed by atoms with E-state index >= 15 is 0 Å². The predicted molar refractivity (Wildman–Crippen MR) is 312 cm³/mol. The number of allylic oxidation sites excluding steroid dienone is 20. The number of carboxylic acids is 1. The molecule has 6 unspecified atom stereocenters. The van der Waals surface area contributed by atoms with Gasteiger partial charge in [0.15, 0.2) is 24.6 Å². The number of aliphatic carboxylic acids is 1. The molecule has 0 bridgehead atoms. The summed E-state index contributed by atoms with van der Waals surface area (Å²) in [5.74, 6) is -3.22. The number of carboxylic acid groups (broad SMARTS) is 1. The first-order chi connectivity index (χ1) is 37.6. The zero-order valence-electron chi connectivity index (χ0n) is 47.7. The molecule has 12 heteroatoms. The standard InChI is InChI=1S/C65H102O12/c1-4-7-10-13-16-19-22-24-26-28-29-31-33-35-38-41-44-47-50-53-59(68)76-63-61(70)60(69)62(64(71)72)77-65(63)74-55-56(75-58(67)52-49-46-43-40-36-21-18-15-12-9-6-3)54-73-57(66)51-48-45-42-39-37-34-32-30-27-25-23-20-17-14-11-8-5-2/h7-8,10-11,15-20,24-27,29,31-32,34-35,38,56,60-63,65,69-70H,4-6,9,12-14,21-23,28,30,33,36-37,39-55H2,1-3H3,(H,71,72)/b10-7-,11-8-,18-15-,19-16-,20-17-,26-24-,27-25-,31-29-,34-32-,38-35-. The van der Waals surface area contributed by atoms with Gasteiger partial charge in [-0.25, -0.2) is 4.79 Å². The summed E-state index contributed by atoms with van der Waals surface area (Å²) in [5.41, 5.74) is 0. The number of aliphatic hydroxyl groups is 2. The van der Waals surface area contributed by atoms with E-state index in [1.165, 1.54) is 12.8 Å². The topological polar surface area (TPSA) is 175 Å². The third-order valence-corrected chi connectivity index (χ3v) is 12.5. The van der Waals surface area contributed by atoms with Gasteiger partial charge in [-0.15, -0.1) is 0 Å². The Labute approximate surface area is 465 Å². The maximum atomic E-state index is 13.1. The van der Waals surface area contributed by atoms with Crippen LogP contribution in [0.4, 0.5) is 0 Å². The molecular formula is C65H102O12. The van der Waals surface area contributed by atoms with Crippen molar-refractivity contribution in [1.29, 1.82) is 0 Å². The van der Waals surface area contributed by atoms with E-state index in [9.17, 15) is 34.5 Å². The number of hydrogen-bond donors (Lipinski definition) is 3. The van der Waals surface area contributed by atoms with Crippen LogP contribution in [0.5, 0.6) is 0 Å². The van der Waals surface area contributed by atoms with Gasteiger partial charge in [0.25, 0.3) is 0 Å². The molecule has 1 aliphatic heterocycles. The Morgan fingerprint density at radius 2 is 0.818 bits per heavy atom. The minimum atomic E-state index is -1.93. The zero-order valence-corrected chi connectivity index (χ0v) is 47.7. The van der Waals surface area contributed by atoms with E-state index in [0.717, 1.165) is 141 Å². The van der Waals surface area contributed by atoms with Crippen molar-refractivity contribution in [3.8, 4) is 0 Å². The molecule has 0 spiro atoms. The summed E-state index contributed by atoms with van der Waals surface area (Å²) in [6, 6.07) is 0. The lowest BCUT2D eigenvalue weighted by molar-refractivity contribution is -0.301. The normalized spacial score (nSPS) is 18.9. The lowest BCUT2D eigenvalue weighted by Crippen LogP contribution is -2.61. The van der Waals surface area contributed by atoms with E-state index in [4.69, 9.17) is 23.7 Å². The lowest BCUT2D eigenvalue weighted by Gasteiger charge is -2.40. The van der Waals surface area contributed by atoms with Crippen LogP contribution in [-0.2, 0) is 42.9 Å². The highest BCUT2D eigenvalue weighted by Gasteiger charge is 2.50. The smallest absolute Gasteiger partial charge is 0.335 e. The lowest BCUT2D eigenvalue weighted by atomic mass is 9.98. The Balaban J connectivity index is 2.71. The number of esters is 3. The number of ether oxygens (including phenoxy) is 5. The van der Waals surface area contributed by atoms with Gasteiger partial charge in [0, 0.05) is 19.3 Å². The minimum absolute atomic E-state index is 0.0115. The highest BCUT2D eigenvalue weighted by molar-refractivity contribution is 5.74. The van der Waals surface area contributed by atoms with Crippen LogP contribution in [-0.4, -0.2) is 89.2 Å². The van der Waals surface area contributed by atoms with Crippen LogP contribution in [0.1, 0.15) is 213 Å². The average Bonchev–Trinajstić information content (AvgIpc) is 3.42. The Morgan fingerprint density at radius 3 is 1.27 bits per heavy atom. The summed E-state index contributed by atoms with van der Waals surface area (Å²) < 4.78 is 28.3. The summed E-state index contributed by atoms with van der Waals surface area (Å²) in [6.45, 7) is 5.67. The Morgan fingerprint density at radius 1 is 0.442 bits per heavy atom. The maximum absolute atomic E-state index is 13.1. The van der Waals surface area contributed by atoms with Crippen LogP contribution >= 0.6 is 0 Å². The van der Waals surface area contributed by atoms with E-state index in [1.807, 2.05) is 0 Å². The van der Waals surface area contributed by atoms with Gasteiger partial charge >= 0.3 is 23.9 Å². The van der Waals surface area contributed by atoms with Gasteiger partial charge < -0.3 is 39.0 Å². The molecule has 0 radical (unpaired) electrons.